The van der Waals surface area contributed by atoms with Gasteiger partial charge in [0.2, 0.25) is 0 Å². The molecule has 1 aromatic carbocycles. The molecule has 3 heterocycles. The molecule has 8 heteroatoms. The Balaban J connectivity index is 1.91. The number of fused-ring (bicyclic) bond motifs is 2. The summed E-state index contributed by atoms with van der Waals surface area (Å²) in [6.07, 6.45) is 5.90. The van der Waals surface area contributed by atoms with Gasteiger partial charge in [-0.25, -0.2) is 0 Å². The van der Waals surface area contributed by atoms with Crippen LogP contribution in [-0.2, 0) is 0 Å². The summed E-state index contributed by atoms with van der Waals surface area (Å²) < 4.78 is 60.6. The maximum atomic E-state index is 14.7. The minimum absolute atomic E-state index is 0.0352. The molecular weight excluding hydrogens is 335 g/mol. The molecule has 3 nitrogen and oxygen atoms in total. The fourth-order valence-corrected chi connectivity index (χ4v) is 3.39. The van der Waals surface area contributed by atoms with Crippen LogP contribution in [0.5, 0.6) is 5.75 Å². The standard InChI is InChI=1S/C17H13BF4N2O/c1-11-10-12(25-17(19)20)6-7-13(11)16-14-4-2-8-23(14)18(21,22)24-9-3-5-15(16)24/h2-10,17H,1H3. The van der Waals surface area contributed by atoms with E-state index in [-0.39, 0.29) is 5.75 Å². The Kier molecular flexibility index (Phi) is 3.38. The molecule has 0 atom stereocenters. The van der Waals surface area contributed by atoms with Gasteiger partial charge in [-0.2, -0.15) is 8.78 Å². The first-order valence-electron chi connectivity index (χ1n) is 7.69. The van der Waals surface area contributed by atoms with E-state index < -0.39 is 13.6 Å². The Morgan fingerprint density at radius 1 is 1.20 bits per heavy atom. The van der Waals surface area contributed by atoms with Crippen LogP contribution in [0.4, 0.5) is 17.4 Å². The monoisotopic (exact) mass is 348 g/mol. The van der Waals surface area contributed by atoms with Crippen LogP contribution >= 0.6 is 0 Å². The summed E-state index contributed by atoms with van der Waals surface area (Å²) >= 11 is 0. The minimum Gasteiger partial charge on any atom is -0.435 e. The Hall–Kier alpha value is -2.77. The molecule has 0 bridgehead atoms. The number of halogens is 4. The fourth-order valence-electron chi connectivity index (χ4n) is 3.39. The smallest absolute Gasteiger partial charge is 0.435 e. The Bertz CT molecular complexity index is 959. The van der Waals surface area contributed by atoms with Crippen molar-refractivity contribution in [1.82, 2.24) is 4.48 Å². The van der Waals surface area contributed by atoms with E-state index in [1.807, 2.05) is 0 Å². The number of aryl methyl sites for hydroxylation is 1. The lowest BCUT2D eigenvalue weighted by molar-refractivity contribution is -0.356. The zero-order valence-electron chi connectivity index (χ0n) is 13.2. The summed E-state index contributed by atoms with van der Waals surface area (Å²) in [7, 11) is 0. The predicted molar refractivity (Wildman–Crippen MR) is 87.1 cm³/mol. The van der Waals surface area contributed by atoms with Crippen LogP contribution in [0.15, 0.2) is 54.4 Å². The molecular formula is C17H13BF4N2O. The third-order valence-electron chi connectivity index (χ3n) is 4.43. The van der Waals surface area contributed by atoms with Gasteiger partial charge < -0.3 is 22.3 Å². The van der Waals surface area contributed by atoms with E-state index >= 15 is 0 Å². The number of nitrogens with zero attached hydrogens (tertiary/aromatic N) is 2. The normalized spacial score (nSPS) is 17.6. The predicted octanol–water partition coefficient (Wildman–Crippen LogP) is 4.05. The summed E-state index contributed by atoms with van der Waals surface area (Å²) in [6.45, 7) is -5.13. The largest absolute Gasteiger partial charge is 0.737 e. The third kappa shape index (κ3) is 2.32. The van der Waals surface area contributed by atoms with Crippen molar-refractivity contribution in [1.29, 1.82) is 0 Å². The molecule has 128 valence electrons. The molecule has 4 rings (SSSR count). The molecule has 0 aliphatic carbocycles. The van der Waals surface area contributed by atoms with Crippen molar-refractivity contribution in [3.8, 4) is 5.75 Å². The summed E-state index contributed by atoms with van der Waals surface area (Å²) in [5.74, 6) is 0.0352. The highest BCUT2D eigenvalue weighted by atomic mass is 19.3. The van der Waals surface area contributed by atoms with Crippen LogP contribution < -0.4 is 4.74 Å². The van der Waals surface area contributed by atoms with Gasteiger partial charge in [-0.3, -0.25) is 0 Å². The summed E-state index contributed by atoms with van der Waals surface area (Å²) in [4.78, 5) is 0. The van der Waals surface area contributed by atoms with Crippen LogP contribution in [0.25, 0.3) is 5.57 Å². The number of hydrogen-bond donors (Lipinski definition) is 0. The van der Waals surface area contributed by atoms with E-state index in [2.05, 4.69) is 4.74 Å². The molecule has 0 unspecified atom stereocenters. The SMILES string of the molecule is Cc1cc(OC(F)F)ccc1C1=C2C=CC=[N+]2[B-](F)(F)n2cccc21. The Morgan fingerprint density at radius 2 is 2.00 bits per heavy atom. The van der Waals surface area contributed by atoms with Gasteiger partial charge in [0.15, 0.2) is 5.70 Å². The number of rotatable bonds is 3. The number of alkyl halides is 2. The lowest BCUT2D eigenvalue weighted by atomic mass is 9.85. The lowest BCUT2D eigenvalue weighted by Crippen LogP contribution is -2.49. The number of aromatic nitrogens is 1. The molecule has 0 fully saturated rings. The van der Waals surface area contributed by atoms with E-state index in [4.69, 9.17) is 0 Å². The lowest BCUT2D eigenvalue weighted by Gasteiger charge is -2.31. The zero-order valence-corrected chi connectivity index (χ0v) is 13.2. The van der Waals surface area contributed by atoms with Gasteiger partial charge in [0.05, 0.1) is 5.57 Å². The quantitative estimate of drug-likeness (QED) is 0.604. The van der Waals surface area contributed by atoms with Crippen molar-refractivity contribution >= 4 is 18.8 Å². The average Bonchev–Trinajstić information content (AvgIpc) is 3.19. The van der Waals surface area contributed by atoms with Crippen LogP contribution in [-0.4, -0.2) is 28.8 Å². The first-order chi connectivity index (χ1) is 11.9. The molecule has 2 aliphatic heterocycles. The van der Waals surface area contributed by atoms with Crippen LogP contribution in [0, 0.1) is 6.92 Å². The van der Waals surface area contributed by atoms with Crippen molar-refractivity contribution in [3.05, 3.63) is 71.2 Å². The molecule has 0 saturated carbocycles. The summed E-state index contributed by atoms with van der Waals surface area (Å²) in [6, 6.07) is 7.71. The number of hydrogen-bond acceptors (Lipinski definition) is 1. The van der Waals surface area contributed by atoms with Crippen molar-refractivity contribution < 1.29 is 26.6 Å². The number of ether oxygens (including phenoxy) is 1. The maximum absolute atomic E-state index is 14.7. The second kappa shape index (κ2) is 5.37. The topological polar surface area (TPSA) is 17.2 Å². The van der Waals surface area contributed by atoms with Crippen molar-refractivity contribution in [2.24, 2.45) is 0 Å². The Morgan fingerprint density at radius 3 is 2.72 bits per heavy atom. The third-order valence-corrected chi connectivity index (χ3v) is 4.43. The molecule has 25 heavy (non-hydrogen) atoms. The van der Waals surface area contributed by atoms with Gasteiger partial charge >= 0.3 is 13.6 Å². The Labute approximate surface area is 141 Å². The summed E-state index contributed by atoms with van der Waals surface area (Å²) in [5, 5.41) is 0. The van der Waals surface area contributed by atoms with Gasteiger partial charge in [0.1, 0.15) is 12.0 Å². The molecule has 0 N–H and O–H groups in total. The molecule has 2 aromatic rings. The van der Waals surface area contributed by atoms with Gasteiger partial charge in [0, 0.05) is 17.8 Å². The highest BCUT2D eigenvalue weighted by molar-refractivity contribution is 6.57. The van der Waals surface area contributed by atoms with Crippen LogP contribution in [0.2, 0.25) is 0 Å². The molecule has 2 aliphatic rings. The van der Waals surface area contributed by atoms with Gasteiger partial charge in [0.25, 0.3) is 0 Å². The molecule has 0 radical (unpaired) electrons. The maximum Gasteiger partial charge on any atom is 0.737 e. The second-order valence-electron chi connectivity index (χ2n) is 5.92. The van der Waals surface area contributed by atoms with Crippen LogP contribution in [0.1, 0.15) is 16.8 Å². The van der Waals surface area contributed by atoms with Crippen molar-refractivity contribution in [3.63, 3.8) is 0 Å². The van der Waals surface area contributed by atoms with Gasteiger partial charge in [-0.1, -0.05) is 6.07 Å². The molecule has 0 spiro atoms. The fraction of sp³-hybridized carbons (Fsp3) is 0.118. The highest BCUT2D eigenvalue weighted by Gasteiger charge is 2.51. The molecule has 0 amide bonds. The van der Waals surface area contributed by atoms with Crippen molar-refractivity contribution in [2.75, 3.05) is 0 Å². The first kappa shape index (κ1) is 15.7. The van der Waals surface area contributed by atoms with E-state index in [0.717, 1.165) is 8.96 Å². The van der Waals surface area contributed by atoms with E-state index in [9.17, 15) is 17.4 Å². The van der Waals surface area contributed by atoms with E-state index in [0.29, 0.717) is 28.1 Å². The minimum atomic E-state index is -3.96. The van der Waals surface area contributed by atoms with Gasteiger partial charge in [-0.15, -0.1) is 0 Å². The summed E-state index contributed by atoms with van der Waals surface area (Å²) in [5.41, 5.74) is 2.76. The van der Waals surface area contributed by atoms with E-state index in [1.165, 1.54) is 24.5 Å². The number of allylic oxidation sites excluding steroid dienone is 2. The number of benzene rings is 1. The van der Waals surface area contributed by atoms with Crippen LogP contribution in [0.3, 0.4) is 0 Å². The second-order valence-corrected chi connectivity index (χ2v) is 5.92. The van der Waals surface area contributed by atoms with Crippen molar-refractivity contribution in [2.45, 2.75) is 13.5 Å². The first-order valence-corrected chi connectivity index (χ1v) is 7.69. The zero-order chi connectivity index (χ0) is 17.8. The average molecular weight is 348 g/mol. The highest BCUT2D eigenvalue weighted by Crippen LogP contribution is 2.39. The molecule has 1 aromatic heterocycles. The molecule has 0 saturated heterocycles. The van der Waals surface area contributed by atoms with E-state index in [1.54, 1.807) is 37.3 Å². The van der Waals surface area contributed by atoms with Gasteiger partial charge in [-0.05, 0) is 48.5 Å².